The number of rotatable bonds is 5. The lowest BCUT2D eigenvalue weighted by molar-refractivity contribution is -0.0522. The Morgan fingerprint density at radius 2 is 2.14 bits per heavy atom. The van der Waals surface area contributed by atoms with Gasteiger partial charge in [-0.25, -0.2) is 17.5 Å². The van der Waals surface area contributed by atoms with Crippen molar-refractivity contribution in [3.05, 3.63) is 24.0 Å². The predicted octanol–water partition coefficient (Wildman–Crippen LogP) is 1.70. The van der Waals surface area contributed by atoms with Crippen LogP contribution < -0.4 is 14.8 Å². The highest BCUT2D eigenvalue weighted by molar-refractivity contribution is 7.89. The first-order chi connectivity index (χ1) is 10.3. The van der Waals surface area contributed by atoms with E-state index in [9.17, 15) is 21.6 Å². The molecule has 0 aromatic heterocycles. The highest BCUT2D eigenvalue weighted by Gasteiger charge is 2.27. The van der Waals surface area contributed by atoms with Crippen LogP contribution >= 0.6 is 0 Å². The van der Waals surface area contributed by atoms with E-state index >= 15 is 0 Å². The Balaban J connectivity index is 2.17. The van der Waals surface area contributed by atoms with Crippen LogP contribution in [0, 0.1) is 11.7 Å². The second-order valence-electron chi connectivity index (χ2n) is 5.17. The number of benzene rings is 1. The molecule has 9 heteroatoms. The summed E-state index contributed by atoms with van der Waals surface area (Å²) >= 11 is 0. The fraction of sp³-hybridized carbons (Fsp3) is 0.538. The Labute approximate surface area is 126 Å². The molecule has 0 spiro atoms. The average Bonchev–Trinajstić information content (AvgIpc) is 2.43. The molecule has 1 aromatic carbocycles. The van der Waals surface area contributed by atoms with Crippen molar-refractivity contribution in [2.45, 2.75) is 30.9 Å². The molecule has 0 amide bonds. The average molecular weight is 338 g/mol. The van der Waals surface area contributed by atoms with Crippen molar-refractivity contribution in [3.8, 4) is 5.75 Å². The number of sulfonamides is 1. The molecule has 1 aliphatic heterocycles. The van der Waals surface area contributed by atoms with Crippen LogP contribution in [0.4, 0.5) is 13.2 Å². The van der Waals surface area contributed by atoms with Crippen LogP contribution in [-0.4, -0.2) is 34.2 Å². The van der Waals surface area contributed by atoms with E-state index in [2.05, 4.69) is 14.8 Å². The molecule has 1 saturated heterocycles. The third kappa shape index (κ3) is 4.11. The molecule has 1 aliphatic rings. The van der Waals surface area contributed by atoms with Gasteiger partial charge < -0.3 is 10.1 Å². The van der Waals surface area contributed by atoms with Crippen molar-refractivity contribution in [3.63, 3.8) is 0 Å². The maximum Gasteiger partial charge on any atom is 0.387 e. The monoisotopic (exact) mass is 338 g/mol. The number of nitrogens with one attached hydrogen (secondary N) is 2. The second-order valence-corrected chi connectivity index (χ2v) is 6.88. The third-order valence-corrected chi connectivity index (χ3v) is 5.01. The summed E-state index contributed by atoms with van der Waals surface area (Å²) < 4.78 is 68.7. The molecule has 1 heterocycles. The predicted molar refractivity (Wildman–Crippen MR) is 73.8 cm³/mol. The summed E-state index contributed by atoms with van der Waals surface area (Å²) in [6, 6.07) is 2.33. The van der Waals surface area contributed by atoms with Crippen molar-refractivity contribution >= 4 is 10.0 Å². The Hall–Kier alpha value is -1.32. The molecule has 22 heavy (non-hydrogen) atoms. The number of hydrogen-bond acceptors (Lipinski definition) is 4. The summed E-state index contributed by atoms with van der Waals surface area (Å²) in [6.45, 7) is 0.0978. The van der Waals surface area contributed by atoms with Gasteiger partial charge in [0.2, 0.25) is 10.0 Å². The van der Waals surface area contributed by atoms with Gasteiger partial charge in [-0.15, -0.1) is 0 Å². The van der Waals surface area contributed by atoms with Crippen LogP contribution in [0.2, 0.25) is 0 Å². The summed E-state index contributed by atoms with van der Waals surface area (Å²) in [6.07, 6.45) is 0.620. The van der Waals surface area contributed by atoms with Crippen molar-refractivity contribution in [2.24, 2.45) is 5.92 Å². The number of ether oxygens (including phenoxy) is 1. The van der Waals surface area contributed by atoms with Crippen LogP contribution in [0.5, 0.6) is 5.75 Å². The molecule has 1 aromatic rings. The van der Waals surface area contributed by atoms with Crippen molar-refractivity contribution in [2.75, 3.05) is 13.1 Å². The first kappa shape index (κ1) is 17.0. The van der Waals surface area contributed by atoms with Gasteiger partial charge in [-0.2, -0.15) is 8.78 Å². The zero-order valence-corrected chi connectivity index (χ0v) is 12.7. The lowest BCUT2D eigenvalue weighted by Crippen LogP contribution is -2.48. The van der Waals surface area contributed by atoms with Crippen LogP contribution in [-0.2, 0) is 10.0 Å². The Morgan fingerprint density at radius 3 is 2.73 bits per heavy atom. The maximum absolute atomic E-state index is 13.6. The van der Waals surface area contributed by atoms with Gasteiger partial charge in [-0.1, -0.05) is 6.92 Å². The highest BCUT2D eigenvalue weighted by Crippen LogP contribution is 2.23. The maximum atomic E-state index is 13.6. The van der Waals surface area contributed by atoms with E-state index in [1.54, 1.807) is 0 Å². The standard InChI is InChI=1S/C13H17F3N2O3S/c1-8-7-17-5-4-11(8)18-22(19,20)9-2-3-12(10(14)6-9)21-13(15)16/h2-3,6,8,11,13,17-18H,4-5,7H2,1H3. The molecule has 0 saturated carbocycles. The highest BCUT2D eigenvalue weighted by atomic mass is 32.2. The van der Waals surface area contributed by atoms with Crippen molar-refractivity contribution in [1.82, 2.24) is 10.0 Å². The van der Waals surface area contributed by atoms with Crippen molar-refractivity contribution in [1.29, 1.82) is 0 Å². The van der Waals surface area contributed by atoms with E-state index in [1.165, 1.54) is 0 Å². The van der Waals surface area contributed by atoms with E-state index in [0.29, 0.717) is 25.6 Å². The normalized spacial score (nSPS) is 22.8. The van der Waals surface area contributed by atoms with Crippen LogP contribution in [0.15, 0.2) is 23.1 Å². The van der Waals surface area contributed by atoms with Gasteiger partial charge in [0.05, 0.1) is 4.90 Å². The number of halogens is 3. The molecule has 0 radical (unpaired) electrons. The first-order valence-corrected chi connectivity index (χ1v) is 8.25. The van der Waals surface area contributed by atoms with Gasteiger partial charge in [0.15, 0.2) is 11.6 Å². The molecule has 0 bridgehead atoms. The number of piperidine rings is 1. The minimum atomic E-state index is -3.92. The van der Waals surface area contributed by atoms with Crippen LogP contribution in [0.25, 0.3) is 0 Å². The summed E-state index contributed by atoms with van der Waals surface area (Å²) in [7, 11) is -3.92. The molecule has 2 atom stereocenters. The molecule has 2 rings (SSSR count). The van der Waals surface area contributed by atoms with Crippen LogP contribution in [0.3, 0.4) is 0 Å². The fourth-order valence-corrected chi connectivity index (χ4v) is 3.69. The quantitative estimate of drug-likeness (QED) is 0.858. The summed E-state index contributed by atoms with van der Waals surface area (Å²) in [5.41, 5.74) is 0. The molecule has 1 fully saturated rings. The van der Waals surface area contributed by atoms with E-state index in [1.807, 2.05) is 6.92 Å². The first-order valence-electron chi connectivity index (χ1n) is 6.77. The Morgan fingerprint density at radius 1 is 1.41 bits per heavy atom. The minimum Gasteiger partial charge on any atom is -0.432 e. The van der Waals surface area contributed by atoms with Gasteiger partial charge in [0, 0.05) is 6.04 Å². The lowest BCUT2D eigenvalue weighted by Gasteiger charge is -2.29. The number of hydrogen-bond donors (Lipinski definition) is 2. The van der Waals surface area contributed by atoms with E-state index in [0.717, 1.165) is 12.1 Å². The zero-order valence-electron chi connectivity index (χ0n) is 11.9. The molecular formula is C13H17F3N2O3S. The fourth-order valence-electron chi connectivity index (χ4n) is 2.30. The van der Waals surface area contributed by atoms with E-state index < -0.39 is 28.2 Å². The van der Waals surface area contributed by atoms with Gasteiger partial charge >= 0.3 is 6.61 Å². The Kier molecular flexibility index (Phi) is 5.30. The Bertz CT molecular complexity index is 625. The third-order valence-electron chi connectivity index (χ3n) is 3.52. The lowest BCUT2D eigenvalue weighted by atomic mass is 9.97. The SMILES string of the molecule is CC1CNCCC1NS(=O)(=O)c1ccc(OC(F)F)c(F)c1. The molecule has 0 aliphatic carbocycles. The zero-order chi connectivity index (χ0) is 16.3. The topological polar surface area (TPSA) is 67.4 Å². The molecular weight excluding hydrogens is 321 g/mol. The van der Waals surface area contributed by atoms with Gasteiger partial charge in [-0.05, 0) is 43.6 Å². The van der Waals surface area contributed by atoms with E-state index in [4.69, 9.17) is 0 Å². The molecule has 5 nitrogen and oxygen atoms in total. The van der Waals surface area contributed by atoms with Gasteiger partial charge in [0.1, 0.15) is 0 Å². The molecule has 2 N–H and O–H groups in total. The second kappa shape index (κ2) is 6.84. The molecule has 124 valence electrons. The van der Waals surface area contributed by atoms with Crippen molar-refractivity contribution < 1.29 is 26.3 Å². The van der Waals surface area contributed by atoms with Crippen LogP contribution in [0.1, 0.15) is 13.3 Å². The van der Waals surface area contributed by atoms with Gasteiger partial charge in [0.25, 0.3) is 0 Å². The molecule has 2 unspecified atom stereocenters. The summed E-state index contributed by atoms with van der Waals surface area (Å²) in [4.78, 5) is -0.322. The summed E-state index contributed by atoms with van der Waals surface area (Å²) in [5.74, 6) is -1.75. The number of alkyl halides is 2. The smallest absolute Gasteiger partial charge is 0.387 e. The summed E-state index contributed by atoms with van der Waals surface area (Å²) in [5, 5.41) is 3.14. The largest absolute Gasteiger partial charge is 0.432 e. The minimum absolute atomic E-state index is 0.0924. The van der Waals surface area contributed by atoms with E-state index in [-0.39, 0.29) is 16.9 Å². The van der Waals surface area contributed by atoms with Gasteiger partial charge in [-0.3, -0.25) is 0 Å².